The molecule has 1 fully saturated rings. The smallest absolute Gasteiger partial charge is 0.0561 e. The number of aliphatic hydroxyl groups excluding tert-OH is 1. The normalized spacial score (nSPS) is 28.8. The molecular formula is C17H26N2O. The van der Waals surface area contributed by atoms with Gasteiger partial charge in [-0.1, -0.05) is 24.3 Å². The topological polar surface area (TPSA) is 26.7 Å². The molecule has 3 nitrogen and oxygen atoms in total. The summed E-state index contributed by atoms with van der Waals surface area (Å²) < 4.78 is 0. The number of fused-ring (bicyclic) bond motifs is 1. The molecule has 3 heteroatoms. The Hall–Kier alpha value is -0.900. The SMILES string of the molecule is CN1CCN(C)C(CC(O)CC2Cc3ccccc32)C1. The molecule has 110 valence electrons. The molecule has 0 amide bonds. The van der Waals surface area contributed by atoms with Crippen molar-refractivity contribution in [1.82, 2.24) is 9.80 Å². The number of benzene rings is 1. The standard InChI is InChI=1S/C17H26N2O/c1-18-7-8-19(2)15(12-18)11-16(20)10-14-9-13-5-3-4-6-17(13)14/h3-6,14-16,20H,7-12H2,1-2H3. The summed E-state index contributed by atoms with van der Waals surface area (Å²) >= 11 is 0. The van der Waals surface area contributed by atoms with Gasteiger partial charge in [-0.15, -0.1) is 0 Å². The first-order valence-electron chi connectivity index (χ1n) is 7.78. The van der Waals surface area contributed by atoms with E-state index in [1.807, 2.05) is 0 Å². The maximum Gasteiger partial charge on any atom is 0.0561 e. The number of rotatable bonds is 4. The van der Waals surface area contributed by atoms with Gasteiger partial charge in [0.2, 0.25) is 0 Å². The molecule has 1 aromatic carbocycles. The molecule has 1 heterocycles. The molecule has 1 aromatic rings. The monoisotopic (exact) mass is 274 g/mol. The second-order valence-electron chi connectivity index (χ2n) is 6.62. The molecular weight excluding hydrogens is 248 g/mol. The average Bonchev–Trinajstić information content (AvgIpc) is 2.40. The largest absolute Gasteiger partial charge is 0.393 e. The van der Waals surface area contributed by atoms with Crippen molar-refractivity contribution >= 4 is 0 Å². The Balaban J connectivity index is 1.52. The third-order valence-electron chi connectivity index (χ3n) is 5.04. The van der Waals surface area contributed by atoms with Crippen LogP contribution in [0, 0.1) is 0 Å². The van der Waals surface area contributed by atoms with Crippen molar-refractivity contribution in [3.63, 3.8) is 0 Å². The zero-order valence-corrected chi connectivity index (χ0v) is 12.6. The van der Waals surface area contributed by atoms with Crippen molar-refractivity contribution in [3.8, 4) is 0 Å². The molecule has 0 saturated carbocycles. The van der Waals surface area contributed by atoms with Gasteiger partial charge in [-0.05, 0) is 50.4 Å². The Bertz CT molecular complexity index is 462. The summed E-state index contributed by atoms with van der Waals surface area (Å²) in [6.45, 7) is 3.33. The van der Waals surface area contributed by atoms with Crippen LogP contribution >= 0.6 is 0 Å². The first-order valence-corrected chi connectivity index (χ1v) is 7.78. The Labute approximate surface area is 122 Å². The van der Waals surface area contributed by atoms with E-state index in [1.165, 1.54) is 11.1 Å². The highest BCUT2D eigenvalue weighted by Crippen LogP contribution is 2.38. The predicted octanol–water partition coefficient (Wildman–Crippen LogP) is 1.71. The molecule has 20 heavy (non-hydrogen) atoms. The van der Waals surface area contributed by atoms with E-state index in [-0.39, 0.29) is 6.10 Å². The van der Waals surface area contributed by atoms with Gasteiger partial charge >= 0.3 is 0 Å². The van der Waals surface area contributed by atoms with E-state index in [9.17, 15) is 5.11 Å². The van der Waals surface area contributed by atoms with Gasteiger partial charge in [-0.2, -0.15) is 0 Å². The molecule has 1 N–H and O–H groups in total. The molecule has 3 unspecified atom stereocenters. The lowest BCUT2D eigenvalue weighted by molar-refractivity contribution is 0.0566. The summed E-state index contributed by atoms with van der Waals surface area (Å²) in [6, 6.07) is 9.15. The maximum atomic E-state index is 10.4. The van der Waals surface area contributed by atoms with Crippen molar-refractivity contribution in [2.45, 2.75) is 37.3 Å². The van der Waals surface area contributed by atoms with Crippen LogP contribution in [-0.4, -0.2) is 60.8 Å². The van der Waals surface area contributed by atoms with E-state index in [0.29, 0.717) is 12.0 Å². The fraction of sp³-hybridized carbons (Fsp3) is 0.647. The highest BCUT2D eigenvalue weighted by molar-refractivity contribution is 5.39. The summed E-state index contributed by atoms with van der Waals surface area (Å²) in [5.74, 6) is 0.577. The van der Waals surface area contributed by atoms with Crippen LogP contribution < -0.4 is 0 Å². The Morgan fingerprint density at radius 1 is 1.20 bits per heavy atom. The summed E-state index contributed by atoms with van der Waals surface area (Å²) in [6.07, 6.45) is 2.80. The van der Waals surface area contributed by atoms with Crippen LogP contribution in [0.25, 0.3) is 0 Å². The van der Waals surface area contributed by atoms with Gasteiger partial charge in [0.1, 0.15) is 0 Å². The van der Waals surface area contributed by atoms with E-state index in [2.05, 4.69) is 48.2 Å². The van der Waals surface area contributed by atoms with E-state index in [0.717, 1.165) is 38.9 Å². The summed E-state index contributed by atoms with van der Waals surface area (Å²) in [7, 11) is 4.36. The van der Waals surface area contributed by atoms with Crippen LogP contribution in [-0.2, 0) is 6.42 Å². The molecule has 2 aliphatic rings. The van der Waals surface area contributed by atoms with Crippen LogP contribution in [0.15, 0.2) is 24.3 Å². The number of aliphatic hydroxyl groups is 1. The minimum Gasteiger partial charge on any atom is -0.393 e. The minimum atomic E-state index is -0.174. The van der Waals surface area contributed by atoms with Gasteiger partial charge in [0.25, 0.3) is 0 Å². The number of likely N-dealkylation sites (N-methyl/N-ethyl adjacent to an activating group) is 2. The van der Waals surface area contributed by atoms with Crippen LogP contribution in [0.1, 0.15) is 29.9 Å². The molecule has 1 aliphatic carbocycles. The lowest BCUT2D eigenvalue weighted by atomic mass is 9.74. The number of piperazine rings is 1. The van der Waals surface area contributed by atoms with Crippen molar-refractivity contribution in [1.29, 1.82) is 0 Å². The maximum absolute atomic E-state index is 10.4. The quantitative estimate of drug-likeness (QED) is 0.905. The zero-order chi connectivity index (χ0) is 14.1. The van der Waals surface area contributed by atoms with Crippen LogP contribution in [0.4, 0.5) is 0 Å². The highest BCUT2D eigenvalue weighted by Gasteiger charge is 2.30. The van der Waals surface area contributed by atoms with Gasteiger partial charge < -0.3 is 14.9 Å². The van der Waals surface area contributed by atoms with Crippen LogP contribution in [0.2, 0.25) is 0 Å². The van der Waals surface area contributed by atoms with Crippen LogP contribution in [0.5, 0.6) is 0 Å². The molecule has 0 bridgehead atoms. The fourth-order valence-electron chi connectivity index (χ4n) is 3.67. The van der Waals surface area contributed by atoms with Gasteiger partial charge in [0.05, 0.1) is 6.10 Å². The van der Waals surface area contributed by atoms with E-state index < -0.39 is 0 Å². The third-order valence-corrected chi connectivity index (χ3v) is 5.04. The lowest BCUT2D eigenvalue weighted by Crippen LogP contribution is -2.51. The van der Waals surface area contributed by atoms with Gasteiger partial charge in [0, 0.05) is 25.7 Å². The number of hydrogen-bond donors (Lipinski definition) is 1. The molecule has 1 aliphatic heterocycles. The fourth-order valence-corrected chi connectivity index (χ4v) is 3.67. The predicted molar refractivity (Wildman–Crippen MR) is 82.0 cm³/mol. The zero-order valence-electron chi connectivity index (χ0n) is 12.6. The average molecular weight is 274 g/mol. The number of hydrogen-bond acceptors (Lipinski definition) is 3. The van der Waals surface area contributed by atoms with Gasteiger partial charge in [-0.25, -0.2) is 0 Å². The number of nitrogens with zero attached hydrogens (tertiary/aromatic N) is 2. The summed E-state index contributed by atoms with van der Waals surface area (Å²) in [5, 5.41) is 10.4. The Morgan fingerprint density at radius 2 is 2.00 bits per heavy atom. The third kappa shape index (κ3) is 2.90. The van der Waals surface area contributed by atoms with Crippen molar-refractivity contribution < 1.29 is 5.11 Å². The first kappa shape index (κ1) is 14.1. The van der Waals surface area contributed by atoms with E-state index in [4.69, 9.17) is 0 Å². The molecule has 0 radical (unpaired) electrons. The van der Waals surface area contributed by atoms with Gasteiger partial charge in [0.15, 0.2) is 0 Å². The first-order chi connectivity index (χ1) is 9.63. The summed E-state index contributed by atoms with van der Waals surface area (Å²) in [4.78, 5) is 4.77. The van der Waals surface area contributed by atoms with Crippen LogP contribution in [0.3, 0.4) is 0 Å². The molecule has 0 spiro atoms. The molecule has 3 atom stereocenters. The van der Waals surface area contributed by atoms with Crippen molar-refractivity contribution in [2.24, 2.45) is 0 Å². The van der Waals surface area contributed by atoms with E-state index in [1.54, 1.807) is 0 Å². The van der Waals surface area contributed by atoms with Crippen molar-refractivity contribution in [2.75, 3.05) is 33.7 Å². The lowest BCUT2D eigenvalue weighted by Gasteiger charge is -2.39. The molecule has 0 aromatic heterocycles. The summed E-state index contributed by atoms with van der Waals surface area (Å²) in [5.41, 5.74) is 2.93. The van der Waals surface area contributed by atoms with E-state index >= 15 is 0 Å². The molecule has 1 saturated heterocycles. The minimum absolute atomic E-state index is 0.174. The Kier molecular flexibility index (Phi) is 4.11. The Morgan fingerprint density at radius 3 is 2.80 bits per heavy atom. The second kappa shape index (κ2) is 5.84. The second-order valence-corrected chi connectivity index (χ2v) is 6.62. The molecule has 3 rings (SSSR count). The highest BCUT2D eigenvalue weighted by atomic mass is 16.3. The van der Waals surface area contributed by atoms with Gasteiger partial charge in [-0.3, -0.25) is 0 Å². The van der Waals surface area contributed by atoms with Crippen molar-refractivity contribution in [3.05, 3.63) is 35.4 Å².